The van der Waals surface area contributed by atoms with Crippen LogP contribution in [0.1, 0.15) is 13.3 Å². The van der Waals surface area contributed by atoms with Gasteiger partial charge in [0, 0.05) is 18.8 Å². The Bertz CT molecular complexity index is 493. The molecule has 98 valence electrons. The van der Waals surface area contributed by atoms with Crippen molar-refractivity contribution in [3.8, 4) is 0 Å². The lowest BCUT2D eigenvalue weighted by Crippen LogP contribution is -2.49. The first-order chi connectivity index (χ1) is 8.42. The third-order valence-corrected chi connectivity index (χ3v) is 10.00. The summed E-state index contributed by atoms with van der Waals surface area (Å²) in [5.74, 6) is 4.64. The van der Waals surface area contributed by atoms with Gasteiger partial charge in [-0.2, -0.15) is 0 Å². The van der Waals surface area contributed by atoms with E-state index >= 15 is 0 Å². The molecule has 0 N–H and O–H groups in total. The van der Waals surface area contributed by atoms with Gasteiger partial charge in [-0.3, -0.25) is 4.79 Å². The van der Waals surface area contributed by atoms with Crippen molar-refractivity contribution < 1.29 is 9.53 Å². The van der Waals surface area contributed by atoms with Gasteiger partial charge in [0.25, 0.3) is 0 Å². The van der Waals surface area contributed by atoms with Gasteiger partial charge in [0.1, 0.15) is 5.60 Å². The van der Waals surface area contributed by atoms with Crippen LogP contribution >= 0.6 is 47.8 Å². The van der Waals surface area contributed by atoms with E-state index in [9.17, 15) is 4.79 Å². The molecule has 0 aromatic rings. The van der Waals surface area contributed by atoms with Gasteiger partial charge in [-0.1, -0.05) is 47.8 Å². The Morgan fingerprint density at radius 2 is 1.89 bits per heavy atom. The standard InChI is InChI=1S/C13H13Br3O2/c1-3(17)18-12-8-5-2-4-6(7(5)11(12)14)10(12)13(15,16)9(4)8/h4-11H,2H2,1H3. The van der Waals surface area contributed by atoms with Crippen LogP contribution in [-0.4, -0.2) is 19.6 Å². The van der Waals surface area contributed by atoms with Gasteiger partial charge in [0.05, 0.1) is 8.06 Å². The minimum absolute atomic E-state index is 0.00146. The number of hydrogen-bond acceptors (Lipinski definition) is 2. The second kappa shape index (κ2) is 2.92. The minimum atomic E-state index is -0.240. The lowest BCUT2D eigenvalue weighted by Gasteiger charge is -2.41. The van der Waals surface area contributed by atoms with Crippen LogP contribution in [0, 0.1) is 41.4 Å². The van der Waals surface area contributed by atoms with Crippen molar-refractivity contribution in [2.24, 2.45) is 41.4 Å². The molecule has 0 heterocycles. The summed E-state index contributed by atoms with van der Waals surface area (Å²) < 4.78 is 5.98. The Morgan fingerprint density at radius 1 is 1.22 bits per heavy atom. The SMILES string of the molecule is CC(=O)OC12C(Br)C3C4CC5C3C1C(Br)(Br)C5C42. The fraction of sp³-hybridized carbons (Fsp3) is 0.923. The average molecular weight is 441 g/mol. The van der Waals surface area contributed by atoms with E-state index in [-0.39, 0.29) is 14.8 Å². The van der Waals surface area contributed by atoms with E-state index in [2.05, 4.69) is 47.8 Å². The molecule has 0 spiro atoms. The third-order valence-electron chi connectivity index (χ3n) is 6.63. The van der Waals surface area contributed by atoms with E-state index in [1.165, 1.54) is 6.42 Å². The highest BCUT2D eigenvalue weighted by molar-refractivity contribution is 9.25. The number of halogens is 3. The minimum Gasteiger partial charge on any atom is -0.457 e. The van der Waals surface area contributed by atoms with Crippen LogP contribution in [0.15, 0.2) is 0 Å². The highest BCUT2D eigenvalue weighted by atomic mass is 79.9. The number of hydrogen-bond donors (Lipinski definition) is 0. The molecule has 18 heavy (non-hydrogen) atoms. The second-order valence-corrected chi connectivity index (χ2v) is 11.4. The number of esters is 1. The lowest BCUT2D eigenvalue weighted by molar-refractivity contribution is -0.167. The molecule has 5 heteroatoms. The number of carbonyl (C=O) groups excluding carboxylic acids is 1. The quantitative estimate of drug-likeness (QED) is 0.462. The van der Waals surface area contributed by atoms with Crippen LogP contribution < -0.4 is 0 Å². The fourth-order valence-electron chi connectivity index (χ4n) is 6.89. The largest absolute Gasteiger partial charge is 0.457 e. The molecule has 6 fully saturated rings. The zero-order valence-corrected chi connectivity index (χ0v) is 14.5. The first kappa shape index (κ1) is 11.6. The molecule has 0 radical (unpaired) electrons. The number of ether oxygens (including phenoxy) is 1. The molecule has 6 saturated carbocycles. The third kappa shape index (κ3) is 0.828. The number of rotatable bonds is 1. The number of carbonyl (C=O) groups is 1. The van der Waals surface area contributed by atoms with Crippen LogP contribution in [0.2, 0.25) is 0 Å². The van der Waals surface area contributed by atoms with Gasteiger partial charge in [-0.25, -0.2) is 0 Å². The van der Waals surface area contributed by atoms with Gasteiger partial charge in [0.15, 0.2) is 0 Å². The summed E-state index contributed by atoms with van der Waals surface area (Å²) >= 11 is 11.8. The summed E-state index contributed by atoms with van der Waals surface area (Å²) in [5, 5.41) is 0. The van der Waals surface area contributed by atoms with Crippen molar-refractivity contribution in [2.45, 2.75) is 27.0 Å². The van der Waals surface area contributed by atoms with Gasteiger partial charge >= 0.3 is 5.97 Å². The molecule has 2 nitrogen and oxygen atoms in total. The van der Waals surface area contributed by atoms with E-state index in [1.54, 1.807) is 6.92 Å². The molecular formula is C13H13Br3O2. The smallest absolute Gasteiger partial charge is 0.303 e. The Balaban J connectivity index is 1.76. The molecule has 0 saturated heterocycles. The molecule has 6 aliphatic carbocycles. The lowest BCUT2D eigenvalue weighted by atomic mass is 9.69. The Labute approximate surface area is 131 Å². The van der Waals surface area contributed by atoms with Gasteiger partial charge in [0.2, 0.25) is 0 Å². The molecule has 6 aliphatic rings. The maximum absolute atomic E-state index is 11.6. The van der Waals surface area contributed by atoms with E-state index in [1.807, 2.05) is 0 Å². The molecule has 0 aliphatic heterocycles. The van der Waals surface area contributed by atoms with Crippen molar-refractivity contribution >= 4 is 53.8 Å². The predicted molar refractivity (Wildman–Crippen MR) is 76.8 cm³/mol. The second-order valence-electron chi connectivity index (χ2n) is 6.77. The van der Waals surface area contributed by atoms with E-state index < -0.39 is 0 Å². The van der Waals surface area contributed by atoms with Crippen LogP contribution in [0.25, 0.3) is 0 Å². The summed E-state index contributed by atoms with van der Waals surface area (Å²) in [4.78, 5) is 12.0. The summed E-state index contributed by atoms with van der Waals surface area (Å²) in [5.41, 5.74) is -0.240. The van der Waals surface area contributed by atoms with E-state index in [0.29, 0.717) is 22.6 Å². The van der Waals surface area contributed by atoms with Crippen molar-refractivity contribution in [1.82, 2.24) is 0 Å². The summed E-state index contributed by atoms with van der Waals surface area (Å²) in [7, 11) is 0. The van der Waals surface area contributed by atoms with Crippen molar-refractivity contribution in [1.29, 1.82) is 0 Å². The molecule has 9 unspecified atom stereocenters. The maximum Gasteiger partial charge on any atom is 0.303 e. The first-order valence-electron chi connectivity index (χ1n) is 6.64. The normalized spacial score (nSPS) is 67.6. The van der Waals surface area contributed by atoms with E-state index in [4.69, 9.17) is 4.74 Å². The summed E-state index contributed by atoms with van der Waals surface area (Å²) in [6, 6.07) is 0. The molecule has 0 aromatic heterocycles. The van der Waals surface area contributed by atoms with Crippen molar-refractivity contribution in [3.05, 3.63) is 0 Å². The van der Waals surface area contributed by atoms with Crippen LogP contribution in [0.4, 0.5) is 0 Å². The van der Waals surface area contributed by atoms with Gasteiger partial charge < -0.3 is 4.74 Å². The zero-order valence-electron chi connectivity index (χ0n) is 9.78. The summed E-state index contributed by atoms with van der Waals surface area (Å²) in [6.07, 6.45) is 1.35. The molecule has 6 bridgehead atoms. The Kier molecular flexibility index (Phi) is 1.87. The topological polar surface area (TPSA) is 26.3 Å². The van der Waals surface area contributed by atoms with Crippen LogP contribution in [-0.2, 0) is 9.53 Å². The maximum atomic E-state index is 11.6. The molecule has 6 rings (SSSR count). The highest BCUT2D eigenvalue weighted by Gasteiger charge is 2.93. The average Bonchev–Trinajstić information content (AvgIpc) is 2.93. The van der Waals surface area contributed by atoms with Crippen LogP contribution in [0.5, 0.6) is 0 Å². The first-order valence-corrected chi connectivity index (χ1v) is 9.14. The van der Waals surface area contributed by atoms with Gasteiger partial charge in [-0.15, -0.1) is 0 Å². The Morgan fingerprint density at radius 3 is 2.56 bits per heavy atom. The van der Waals surface area contributed by atoms with Gasteiger partial charge in [-0.05, 0) is 36.0 Å². The summed E-state index contributed by atoms with van der Waals surface area (Å²) in [6.45, 7) is 1.56. The monoisotopic (exact) mass is 438 g/mol. The molecular weight excluding hydrogens is 428 g/mol. The number of alkyl halides is 3. The van der Waals surface area contributed by atoms with Crippen molar-refractivity contribution in [2.75, 3.05) is 0 Å². The zero-order chi connectivity index (χ0) is 12.6. The molecule has 9 atom stereocenters. The highest BCUT2D eigenvalue weighted by Crippen LogP contribution is 2.90. The predicted octanol–water partition coefficient (Wildman–Crippen LogP) is 3.31. The Hall–Kier alpha value is 0.910. The van der Waals surface area contributed by atoms with Crippen LogP contribution in [0.3, 0.4) is 0 Å². The molecule has 0 amide bonds. The molecule has 0 aromatic carbocycles. The van der Waals surface area contributed by atoms with Crippen molar-refractivity contribution in [3.63, 3.8) is 0 Å². The fourth-order valence-corrected chi connectivity index (χ4v) is 10.9. The van der Waals surface area contributed by atoms with E-state index in [0.717, 1.165) is 23.7 Å².